The molecule has 0 aromatic heterocycles. The molecule has 110 valence electrons. The Hall–Kier alpha value is -0.0800. The Morgan fingerprint density at radius 3 is 1.78 bits per heavy atom. The first kappa shape index (κ1) is 17.9. The van der Waals surface area contributed by atoms with E-state index in [2.05, 4.69) is 30.7 Å². The van der Waals surface area contributed by atoms with E-state index in [1.807, 2.05) is 27.7 Å². The minimum Gasteiger partial charge on any atom is -0.306 e. The number of likely N-dealkylation sites (tertiary alicyclic amines) is 2. The topological polar surface area (TPSA) is 6.48 Å². The Bertz CT molecular complexity index is 185. The van der Waals surface area contributed by atoms with Crippen molar-refractivity contribution in [3.63, 3.8) is 0 Å². The first-order valence-corrected chi connectivity index (χ1v) is 7.96. The van der Waals surface area contributed by atoms with Crippen LogP contribution in [0.2, 0.25) is 0 Å². The average molecular weight is 256 g/mol. The fourth-order valence-corrected chi connectivity index (χ4v) is 2.65. The predicted octanol–water partition coefficient (Wildman–Crippen LogP) is 3.72. The zero-order chi connectivity index (χ0) is 14.2. The third-order valence-electron chi connectivity index (χ3n) is 3.87. The van der Waals surface area contributed by atoms with Crippen LogP contribution in [0.1, 0.15) is 54.4 Å². The van der Waals surface area contributed by atoms with Gasteiger partial charge in [0.25, 0.3) is 0 Å². The number of piperidine rings is 1. The van der Waals surface area contributed by atoms with Crippen molar-refractivity contribution in [1.82, 2.24) is 9.80 Å². The Morgan fingerprint density at radius 2 is 1.39 bits per heavy atom. The molecule has 2 heterocycles. The van der Waals surface area contributed by atoms with Gasteiger partial charge in [0.2, 0.25) is 0 Å². The van der Waals surface area contributed by atoms with Gasteiger partial charge in [-0.15, -0.1) is 0 Å². The monoisotopic (exact) mass is 256 g/mol. The van der Waals surface area contributed by atoms with Gasteiger partial charge in [0.05, 0.1) is 0 Å². The fourth-order valence-electron chi connectivity index (χ4n) is 2.65. The molecule has 2 saturated heterocycles. The average Bonchev–Trinajstić information content (AvgIpc) is 2.35. The number of rotatable bonds is 2. The van der Waals surface area contributed by atoms with Gasteiger partial charge in [-0.25, -0.2) is 0 Å². The highest BCUT2D eigenvalue weighted by molar-refractivity contribution is 4.84. The second-order valence-corrected chi connectivity index (χ2v) is 6.05. The number of hydrogen-bond donors (Lipinski definition) is 0. The Kier molecular flexibility index (Phi) is 8.89. The van der Waals surface area contributed by atoms with Gasteiger partial charge < -0.3 is 9.80 Å². The molecular formula is C16H36N2. The highest BCUT2D eigenvalue weighted by Gasteiger charge is 2.29. The SMILES string of the molecule is CC.CC.CN1CC(CN2CCC(C)(C)CC2)C1. The van der Waals surface area contributed by atoms with E-state index in [-0.39, 0.29) is 0 Å². The van der Waals surface area contributed by atoms with Crippen LogP contribution >= 0.6 is 0 Å². The van der Waals surface area contributed by atoms with Gasteiger partial charge in [-0.05, 0) is 44.3 Å². The zero-order valence-electron chi connectivity index (χ0n) is 13.9. The normalized spacial score (nSPS) is 24.2. The number of hydrogen-bond acceptors (Lipinski definition) is 2. The molecule has 0 amide bonds. The molecule has 0 aromatic rings. The van der Waals surface area contributed by atoms with Crippen LogP contribution in [0.4, 0.5) is 0 Å². The molecule has 2 aliphatic heterocycles. The molecule has 0 radical (unpaired) electrons. The molecule has 0 bridgehead atoms. The van der Waals surface area contributed by atoms with Crippen molar-refractivity contribution in [3.05, 3.63) is 0 Å². The molecule has 2 fully saturated rings. The van der Waals surface area contributed by atoms with Gasteiger partial charge in [0.15, 0.2) is 0 Å². The van der Waals surface area contributed by atoms with E-state index in [1.165, 1.54) is 45.6 Å². The predicted molar refractivity (Wildman–Crippen MR) is 83.1 cm³/mol. The molecule has 0 aromatic carbocycles. The van der Waals surface area contributed by atoms with E-state index in [9.17, 15) is 0 Å². The van der Waals surface area contributed by atoms with Gasteiger partial charge in [0, 0.05) is 19.6 Å². The first-order valence-electron chi connectivity index (χ1n) is 7.96. The van der Waals surface area contributed by atoms with Crippen molar-refractivity contribution in [1.29, 1.82) is 0 Å². The minimum absolute atomic E-state index is 0.604. The molecule has 2 rings (SSSR count). The lowest BCUT2D eigenvalue weighted by atomic mass is 9.82. The summed E-state index contributed by atoms with van der Waals surface area (Å²) in [6.45, 7) is 19.4. The van der Waals surface area contributed by atoms with Gasteiger partial charge in [-0.3, -0.25) is 0 Å². The van der Waals surface area contributed by atoms with E-state index in [1.54, 1.807) is 0 Å². The quantitative estimate of drug-likeness (QED) is 0.743. The smallest absolute Gasteiger partial charge is 0.00342 e. The standard InChI is InChI=1S/C12H24N2.2C2H6/c1-12(2)4-6-14(7-5-12)10-11-8-13(3)9-11;2*1-2/h11H,4-10H2,1-3H3;2*1-2H3. The van der Waals surface area contributed by atoms with Crippen LogP contribution in [0.25, 0.3) is 0 Å². The van der Waals surface area contributed by atoms with Crippen LogP contribution in [-0.4, -0.2) is 49.6 Å². The molecule has 2 heteroatoms. The Labute approximate surface area is 116 Å². The van der Waals surface area contributed by atoms with E-state index in [0.29, 0.717) is 5.41 Å². The molecule has 2 nitrogen and oxygen atoms in total. The lowest BCUT2D eigenvalue weighted by Gasteiger charge is -2.43. The van der Waals surface area contributed by atoms with Crippen molar-refractivity contribution in [2.24, 2.45) is 11.3 Å². The van der Waals surface area contributed by atoms with E-state index in [0.717, 1.165) is 5.92 Å². The Balaban J connectivity index is 0.000000659. The van der Waals surface area contributed by atoms with Crippen molar-refractivity contribution >= 4 is 0 Å². The molecule has 0 unspecified atom stereocenters. The summed E-state index contributed by atoms with van der Waals surface area (Å²) in [5, 5.41) is 0. The van der Waals surface area contributed by atoms with Crippen molar-refractivity contribution < 1.29 is 0 Å². The van der Waals surface area contributed by atoms with Gasteiger partial charge in [0.1, 0.15) is 0 Å². The van der Waals surface area contributed by atoms with Crippen LogP contribution < -0.4 is 0 Å². The highest BCUT2D eigenvalue weighted by atomic mass is 15.2. The Morgan fingerprint density at radius 1 is 0.944 bits per heavy atom. The lowest BCUT2D eigenvalue weighted by Crippen LogP contribution is -2.51. The van der Waals surface area contributed by atoms with E-state index < -0.39 is 0 Å². The molecule has 2 aliphatic rings. The van der Waals surface area contributed by atoms with Crippen molar-refractivity contribution in [2.45, 2.75) is 54.4 Å². The second kappa shape index (κ2) is 8.92. The maximum atomic E-state index is 2.67. The zero-order valence-corrected chi connectivity index (χ0v) is 13.9. The summed E-state index contributed by atoms with van der Waals surface area (Å²) in [5.74, 6) is 0.959. The summed E-state index contributed by atoms with van der Waals surface area (Å²) < 4.78 is 0. The maximum Gasteiger partial charge on any atom is 0.00342 e. The van der Waals surface area contributed by atoms with Gasteiger partial charge in [-0.1, -0.05) is 41.5 Å². The second-order valence-electron chi connectivity index (χ2n) is 6.05. The molecule has 0 N–H and O–H groups in total. The summed E-state index contributed by atoms with van der Waals surface area (Å²) in [6, 6.07) is 0. The fraction of sp³-hybridized carbons (Fsp3) is 1.00. The van der Waals surface area contributed by atoms with Crippen molar-refractivity contribution in [2.75, 3.05) is 39.8 Å². The van der Waals surface area contributed by atoms with Crippen LogP contribution in [0.15, 0.2) is 0 Å². The maximum absolute atomic E-state index is 2.67. The summed E-state index contributed by atoms with van der Waals surface area (Å²) in [5.41, 5.74) is 0.604. The van der Waals surface area contributed by atoms with Crippen LogP contribution in [0.5, 0.6) is 0 Å². The summed E-state index contributed by atoms with van der Waals surface area (Å²) >= 11 is 0. The van der Waals surface area contributed by atoms with Gasteiger partial charge >= 0.3 is 0 Å². The summed E-state index contributed by atoms with van der Waals surface area (Å²) in [4.78, 5) is 5.08. The highest BCUT2D eigenvalue weighted by Crippen LogP contribution is 2.30. The third-order valence-corrected chi connectivity index (χ3v) is 3.87. The van der Waals surface area contributed by atoms with Crippen molar-refractivity contribution in [3.8, 4) is 0 Å². The minimum atomic E-state index is 0.604. The molecule has 0 aliphatic carbocycles. The van der Waals surface area contributed by atoms with E-state index >= 15 is 0 Å². The molecule has 18 heavy (non-hydrogen) atoms. The van der Waals surface area contributed by atoms with Crippen LogP contribution in [0.3, 0.4) is 0 Å². The summed E-state index contributed by atoms with van der Waals surface area (Å²) in [7, 11) is 2.22. The molecular weight excluding hydrogens is 220 g/mol. The molecule has 0 atom stereocenters. The van der Waals surface area contributed by atoms with Gasteiger partial charge in [-0.2, -0.15) is 0 Å². The lowest BCUT2D eigenvalue weighted by molar-refractivity contribution is 0.0600. The largest absolute Gasteiger partial charge is 0.306 e. The van der Waals surface area contributed by atoms with Crippen LogP contribution in [0, 0.1) is 11.3 Å². The van der Waals surface area contributed by atoms with Crippen LogP contribution in [-0.2, 0) is 0 Å². The molecule has 0 spiro atoms. The molecule has 0 saturated carbocycles. The number of nitrogens with zero attached hydrogens (tertiary/aromatic N) is 2. The first-order chi connectivity index (χ1) is 8.55. The van der Waals surface area contributed by atoms with E-state index in [4.69, 9.17) is 0 Å². The third kappa shape index (κ3) is 6.19. The summed E-state index contributed by atoms with van der Waals surface area (Å²) in [6.07, 6.45) is 2.77.